The van der Waals surface area contributed by atoms with Gasteiger partial charge in [0.05, 0.1) is 35.7 Å². The summed E-state index contributed by atoms with van der Waals surface area (Å²) in [5.74, 6) is -1.61. The van der Waals surface area contributed by atoms with Gasteiger partial charge in [-0.15, -0.1) is 0 Å². The highest BCUT2D eigenvalue weighted by Crippen LogP contribution is 2.54. The largest absolute Gasteiger partial charge is 0.497 e. The minimum Gasteiger partial charge on any atom is -0.497 e. The number of hydrogen-bond acceptors (Lipinski definition) is 10. The molecule has 6 rings (SSSR count). The van der Waals surface area contributed by atoms with Crippen LogP contribution in [0.15, 0.2) is 87.5 Å². The number of rotatable bonds is 8. The molecule has 3 atom stereocenters. The maximum absolute atomic E-state index is 14.0. The number of imide groups is 1. The SMILES string of the molecule is COc1ccc(C2c3sc(=O)n(CC(=O)Nc4ccc(S(N)(=O)=O)cc4)c3SC3C(=O)N(c4ccc(OC)cc4)C(=O)C32)cc1. The Kier molecular flexibility index (Phi) is 8.03. The van der Waals surface area contributed by atoms with Crippen LogP contribution in [-0.4, -0.2) is 50.2 Å². The van der Waals surface area contributed by atoms with Crippen molar-refractivity contribution in [2.45, 2.75) is 27.6 Å². The predicted molar refractivity (Wildman–Crippen MR) is 168 cm³/mol. The Morgan fingerprint density at radius 1 is 0.889 bits per heavy atom. The molecule has 3 unspecified atom stereocenters. The Bertz CT molecular complexity index is 1970. The van der Waals surface area contributed by atoms with Crippen molar-refractivity contribution < 1.29 is 32.3 Å². The number of primary sulfonamides is 1. The van der Waals surface area contributed by atoms with E-state index in [9.17, 15) is 27.6 Å². The van der Waals surface area contributed by atoms with Crippen LogP contribution in [0.5, 0.6) is 11.5 Å². The van der Waals surface area contributed by atoms with Gasteiger partial charge in [0.25, 0.3) is 0 Å². The number of sulfonamides is 1. The van der Waals surface area contributed by atoms with Gasteiger partial charge in [-0.2, -0.15) is 0 Å². The van der Waals surface area contributed by atoms with Crippen molar-refractivity contribution in [3.8, 4) is 11.5 Å². The highest BCUT2D eigenvalue weighted by molar-refractivity contribution is 8.00. The lowest BCUT2D eigenvalue weighted by Gasteiger charge is -2.30. The quantitative estimate of drug-likeness (QED) is 0.269. The molecule has 1 aromatic heterocycles. The zero-order valence-electron chi connectivity index (χ0n) is 23.8. The van der Waals surface area contributed by atoms with Gasteiger partial charge in [-0.3, -0.25) is 23.7 Å². The molecular weight excluding hydrogens is 641 g/mol. The van der Waals surface area contributed by atoms with Crippen molar-refractivity contribution >= 4 is 62.2 Å². The van der Waals surface area contributed by atoms with E-state index >= 15 is 0 Å². The second-order valence-corrected chi connectivity index (χ2v) is 14.0. The number of aromatic nitrogens is 1. The van der Waals surface area contributed by atoms with Crippen molar-refractivity contribution in [1.29, 1.82) is 0 Å². The first-order valence-electron chi connectivity index (χ1n) is 13.5. The van der Waals surface area contributed by atoms with E-state index in [-0.39, 0.29) is 17.3 Å². The Morgan fingerprint density at radius 3 is 2.07 bits per heavy atom. The van der Waals surface area contributed by atoms with Crippen LogP contribution in [0.2, 0.25) is 0 Å². The second-order valence-electron chi connectivity index (χ2n) is 10.3. The van der Waals surface area contributed by atoms with E-state index in [1.165, 1.54) is 48.0 Å². The number of benzene rings is 3. The molecule has 1 fully saturated rings. The topological polar surface area (TPSA) is 167 Å². The molecule has 4 aromatic rings. The predicted octanol–water partition coefficient (Wildman–Crippen LogP) is 3.01. The second kappa shape index (κ2) is 11.8. The van der Waals surface area contributed by atoms with Gasteiger partial charge in [0.1, 0.15) is 23.3 Å². The number of carbonyl (C=O) groups is 3. The molecule has 12 nitrogen and oxygen atoms in total. The number of nitrogens with one attached hydrogen (secondary N) is 1. The van der Waals surface area contributed by atoms with Crippen molar-refractivity contribution in [1.82, 2.24) is 4.57 Å². The van der Waals surface area contributed by atoms with E-state index in [4.69, 9.17) is 14.6 Å². The number of amides is 3. The average molecular weight is 667 g/mol. The molecule has 0 bridgehead atoms. The van der Waals surface area contributed by atoms with E-state index in [1.54, 1.807) is 48.5 Å². The monoisotopic (exact) mass is 666 g/mol. The Balaban J connectivity index is 1.36. The molecule has 3 heterocycles. The molecule has 0 aliphatic carbocycles. The summed E-state index contributed by atoms with van der Waals surface area (Å²) in [7, 11) is -0.844. The summed E-state index contributed by atoms with van der Waals surface area (Å²) >= 11 is 2.04. The first kappa shape index (κ1) is 30.6. The Morgan fingerprint density at radius 2 is 1.49 bits per heavy atom. The Hall–Kier alpha value is -4.44. The van der Waals surface area contributed by atoms with Crippen molar-refractivity contribution in [3.05, 3.63) is 92.9 Å². The number of anilines is 2. The van der Waals surface area contributed by atoms with E-state index in [2.05, 4.69) is 5.32 Å². The highest BCUT2D eigenvalue weighted by Gasteiger charge is 2.56. The number of thioether (sulfide) groups is 1. The molecule has 0 radical (unpaired) electrons. The third-order valence-corrected chi connectivity index (χ3v) is 11.2. The number of methoxy groups -OCH3 is 2. The van der Waals surface area contributed by atoms with Crippen LogP contribution in [0.4, 0.5) is 11.4 Å². The fourth-order valence-corrected chi connectivity index (χ4v) is 8.77. The standard InChI is InChI=1S/C30H26N4O8S3/c1-41-19-9-3-16(4-10-19)23-24-25(28(37)34(27(24)36)18-7-11-20(42-2)12-8-18)43-29-26(23)44-30(38)33(29)15-22(35)32-17-5-13-21(14-6-17)45(31,39)40/h3-14,23-25H,15H2,1-2H3,(H,32,35)(H2,31,39,40). The summed E-state index contributed by atoms with van der Waals surface area (Å²) in [4.78, 5) is 55.6. The van der Waals surface area contributed by atoms with Crippen molar-refractivity contribution in [3.63, 3.8) is 0 Å². The van der Waals surface area contributed by atoms with Crippen molar-refractivity contribution in [2.75, 3.05) is 24.4 Å². The van der Waals surface area contributed by atoms with Gasteiger partial charge >= 0.3 is 4.87 Å². The molecule has 2 aliphatic rings. The van der Waals surface area contributed by atoms with Crippen LogP contribution in [0.25, 0.3) is 0 Å². The summed E-state index contributed by atoms with van der Waals surface area (Å²) in [6.45, 7) is -0.369. The number of ether oxygens (including phenoxy) is 2. The minimum atomic E-state index is -3.90. The highest BCUT2D eigenvalue weighted by atomic mass is 32.2. The Labute approximate surface area is 265 Å². The zero-order valence-corrected chi connectivity index (χ0v) is 26.3. The van der Waals surface area contributed by atoms with Gasteiger partial charge < -0.3 is 14.8 Å². The molecule has 0 saturated carbocycles. The van der Waals surface area contributed by atoms with E-state index in [0.29, 0.717) is 32.8 Å². The lowest BCUT2D eigenvalue weighted by molar-refractivity contribution is -0.122. The summed E-state index contributed by atoms with van der Waals surface area (Å²) < 4.78 is 34.9. The number of fused-ring (bicyclic) bond motifs is 2. The molecule has 1 saturated heterocycles. The lowest BCUT2D eigenvalue weighted by atomic mass is 9.83. The fraction of sp³-hybridized carbons (Fsp3) is 0.200. The number of hydrogen-bond donors (Lipinski definition) is 2. The molecular formula is C30H26N4O8S3. The maximum atomic E-state index is 14.0. The number of carbonyl (C=O) groups excluding carboxylic acids is 3. The van der Waals surface area contributed by atoms with Crippen LogP contribution in [0, 0.1) is 5.92 Å². The van der Waals surface area contributed by atoms with Gasteiger partial charge in [0.2, 0.25) is 27.7 Å². The molecule has 2 aliphatic heterocycles. The van der Waals surface area contributed by atoms with E-state index in [1.807, 2.05) is 0 Å². The van der Waals surface area contributed by atoms with Crippen LogP contribution >= 0.6 is 23.1 Å². The molecule has 3 aromatic carbocycles. The average Bonchev–Trinajstić information content (AvgIpc) is 3.47. The summed E-state index contributed by atoms with van der Waals surface area (Å²) in [5, 5.41) is 7.38. The summed E-state index contributed by atoms with van der Waals surface area (Å²) in [6.07, 6.45) is 0. The fourth-order valence-electron chi connectivity index (χ4n) is 5.48. The zero-order chi connectivity index (χ0) is 32.0. The maximum Gasteiger partial charge on any atom is 0.308 e. The van der Waals surface area contributed by atoms with Crippen LogP contribution in [0.1, 0.15) is 16.4 Å². The third kappa shape index (κ3) is 5.63. The van der Waals surface area contributed by atoms with Gasteiger partial charge in [-0.25, -0.2) is 18.5 Å². The van der Waals surface area contributed by atoms with Gasteiger partial charge in [0.15, 0.2) is 0 Å². The van der Waals surface area contributed by atoms with E-state index in [0.717, 1.165) is 28.7 Å². The molecule has 3 amide bonds. The molecule has 232 valence electrons. The third-order valence-electron chi connectivity index (χ3n) is 7.62. The van der Waals surface area contributed by atoms with Crippen LogP contribution in [-0.2, 0) is 31.0 Å². The van der Waals surface area contributed by atoms with E-state index < -0.39 is 43.8 Å². The normalized spacial score (nSPS) is 19.2. The smallest absolute Gasteiger partial charge is 0.308 e. The van der Waals surface area contributed by atoms with Crippen LogP contribution < -0.4 is 29.7 Å². The van der Waals surface area contributed by atoms with Gasteiger partial charge in [-0.1, -0.05) is 35.2 Å². The van der Waals surface area contributed by atoms with Crippen LogP contribution in [0.3, 0.4) is 0 Å². The van der Waals surface area contributed by atoms with Gasteiger partial charge in [-0.05, 0) is 66.2 Å². The first-order valence-corrected chi connectivity index (χ1v) is 16.7. The van der Waals surface area contributed by atoms with Crippen molar-refractivity contribution in [2.24, 2.45) is 11.1 Å². The lowest BCUT2D eigenvalue weighted by Crippen LogP contribution is -2.33. The number of nitrogens with zero attached hydrogens (tertiary/aromatic N) is 2. The molecule has 15 heteroatoms. The summed E-state index contributed by atoms with van der Waals surface area (Å²) in [5.41, 5.74) is 1.43. The molecule has 0 spiro atoms. The minimum absolute atomic E-state index is 0.112. The first-order chi connectivity index (χ1) is 21.5. The summed E-state index contributed by atoms with van der Waals surface area (Å²) in [6, 6.07) is 19.0. The molecule has 3 N–H and O–H groups in total. The number of thiazole rings is 1. The number of nitrogens with two attached hydrogens (primary N) is 1. The molecule has 45 heavy (non-hydrogen) atoms. The van der Waals surface area contributed by atoms with Gasteiger partial charge in [0, 0.05) is 16.5 Å².